The van der Waals surface area contributed by atoms with Crippen LogP contribution in [0.2, 0.25) is 0 Å². The van der Waals surface area contributed by atoms with Crippen LogP contribution in [0, 0.1) is 25.2 Å². The average Bonchev–Trinajstić information content (AvgIpc) is 2.94. The largest absolute Gasteiger partial charge is 0.455 e. The Hall–Kier alpha value is -3.12. The Labute approximate surface area is 140 Å². The molecule has 0 saturated carbocycles. The fourth-order valence-electron chi connectivity index (χ4n) is 3.41. The molecular weight excluding hydrogens is 296 g/mol. The minimum absolute atomic E-state index is 0.648. The van der Waals surface area contributed by atoms with Crippen molar-refractivity contribution in [2.45, 2.75) is 13.8 Å². The summed E-state index contributed by atoms with van der Waals surface area (Å²) in [5.41, 5.74) is 6.78. The van der Waals surface area contributed by atoms with Gasteiger partial charge in [0.25, 0.3) is 0 Å². The summed E-state index contributed by atoms with van der Waals surface area (Å²) >= 11 is 0. The number of furan rings is 1. The van der Waals surface area contributed by atoms with Gasteiger partial charge < -0.3 is 4.42 Å². The molecule has 0 atom stereocenters. The van der Waals surface area contributed by atoms with Crippen LogP contribution in [-0.4, -0.2) is 0 Å². The molecule has 0 spiro atoms. The highest BCUT2D eigenvalue weighted by Gasteiger charge is 2.21. The van der Waals surface area contributed by atoms with Crippen molar-refractivity contribution in [1.29, 1.82) is 5.26 Å². The summed E-state index contributed by atoms with van der Waals surface area (Å²) in [6, 6.07) is 16.3. The summed E-state index contributed by atoms with van der Waals surface area (Å²) in [5.74, 6) is 0. The van der Waals surface area contributed by atoms with Gasteiger partial charge in [-0.1, -0.05) is 18.2 Å². The molecule has 0 radical (unpaired) electrons. The molecule has 24 heavy (non-hydrogen) atoms. The number of nitrogens with zero attached hydrogens (tertiary/aromatic N) is 2. The molecule has 0 saturated heterocycles. The summed E-state index contributed by atoms with van der Waals surface area (Å²) in [7, 11) is 2.05. The molecule has 0 aliphatic rings. The summed E-state index contributed by atoms with van der Waals surface area (Å²) in [5, 5.41) is 11.3. The molecule has 0 bridgehead atoms. The summed E-state index contributed by atoms with van der Waals surface area (Å²) < 4.78 is 8.30. The van der Waals surface area contributed by atoms with Gasteiger partial charge in [-0.15, -0.1) is 0 Å². The van der Waals surface area contributed by atoms with E-state index in [9.17, 15) is 5.26 Å². The van der Waals surface area contributed by atoms with E-state index in [2.05, 4.69) is 54.9 Å². The van der Waals surface area contributed by atoms with Gasteiger partial charge in [0.05, 0.1) is 17.2 Å². The number of fused-ring (bicyclic) bond motifs is 3. The van der Waals surface area contributed by atoms with E-state index >= 15 is 0 Å². The van der Waals surface area contributed by atoms with Crippen LogP contribution in [0.1, 0.15) is 16.7 Å². The Morgan fingerprint density at radius 1 is 1.04 bits per heavy atom. The summed E-state index contributed by atoms with van der Waals surface area (Å²) in [6.45, 7) is 4.17. The number of hydrogen-bond acceptors (Lipinski definition) is 2. The predicted octanol–water partition coefficient (Wildman–Crippen LogP) is 4.57. The highest BCUT2D eigenvalue weighted by Crippen LogP contribution is 2.37. The summed E-state index contributed by atoms with van der Waals surface area (Å²) in [6.07, 6.45) is 2.11. The van der Waals surface area contributed by atoms with Gasteiger partial charge in [0.2, 0.25) is 5.69 Å². The van der Waals surface area contributed by atoms with Crippen LogP contribution in [0.4, 0.5) is 0 Å². The molecule has 116 valence electrons. The zero-order valence-corrected chi connectivity index (χ0v) is 13.9. The number of aromatic nitrogens is 1. The zero-order valence-electron chi connectivity index (χ0n) is 13.9. The van der Waals surface area contributed by atoms with Gasteiger partial charge in [0, 0.05) is 22.4 Å². The zero-order chi connectivity index (χ0) is 16.8. The van der Waals surface area contributed by atoms with E-state index in [1.807, 2.05) is 25.2 Å². The Morgan fingerprint density at radius 2 is 1.88 bits per heavy atom. The van der Waals surface area contributed by atoms with E-state index < -0.39 is 0 Å². The lowest BCUT2D eigenvalue weighted by atomic mass is 9.99. The Morgan fingerprint density at radius 3 is 2.62 bits per heavy atom. The molecule has 0 fully saturated rings. The van der Waals surface area contributed by atoms with Crippen molar-refractivity contribution in [2.75, 3.05) is 0 Å². The van der Waals surface area contributed by atoms with Gasteiger partial charge in [-0.2, -0.15) is 5.26 Å². The lowest BCUT2D eigenvalue weighted by Gasteiger charge is -2.06. The Balaban J connectivity index is 2.17. The van der Waals surface area contributed by atoms with E-state index in [-0.39, 0.29) is 0 Å². The van der Waals surface area contributed by atoms with Crippen molar-refractivity contribution in [1.82, 2.24) is 0 Å². The molecule has 0 aliphatic carbocycles. The van der Waals surface area contributed by atoms with E-state index in [1.54, 1.807) is 0 Å². The minimum Gasteiger partial charge on any atom is -0.455 e. The highest BCUT2D eigenvalue weighted by molar-refractivity contribution is 6.11. The van der Waals surface area contributed by atoms with Gasteiger partial charge in [-0.3, -0.25) is 0 Å². The molecule has 0 aliphatic heterocycles. The molecule has 3 heteroatoms. The Kier molecular flexibility index (Phi) is 3.14. The monoisotopic (exact) mass is 313 g/mol. The third kappa shape index (κ3) is 2.00. The third-order valence-electron chi connectivity index (χ3n) is 4.53. The first-order valence-electron chi connectivity index (χ1n) is 7.91. The molecule has 0 unspecified atom stereocenters. The maximum Gasteiger partial charge on any atom is 0.216 e. The van der Waals surface area contributed by atoms with Gasteiger partial charge in [0.15, 0.2) is 6.20 Å². The molecule has 2 aromatic heterocycles. The first kappa shape index (κ1) is 14.5. The maximum atomic E-state index is 9.43. The van der Waals surface area contributed by atoms with Crippen molar-refractivity contribution in [2.24, 2.45) is 7.05 Å². The van der Waals surface area contributed by atoms with Crippen LogP contribution >= 0.6 is 0 Å². The first-order chi connectivity index (χ1) is 11.6. The first-order valence-corrected chi connectivity index (χ1v) is 7.91. The third-order valence-corrected chi connectivity index (χ3v) is 4.53. The summed E-state index contributed by atoms with van der Waals surface area (Å²) in [4.78, 5) is 0. The number of benzene rings is 2. The maximum absolute atomic E-state index is 9.43. The second-order valence-electron chi connectivity index (χ2n) is 6.23. The standard InChI is InChI=1S/C21H17N2O/c1-13-7-10-17(23(3)12-13)19-14(2)8-9-16-20-15(11-22)5-4-6-18(20)24-21(16)19/h4-10,12H,1-3H3/q+1. The van der Waals surface area contributed by atoms with Gasteiger partial charge in [-0.25, -0.2) is 4.57 Å². The molecule has 4 rings (SSSR count). The van der Waals surface area contributed by atoms with Crippen molar-refractivity contribution in [3.05, 3.63) is 65.4 Å². The van der Waals surface area contributed by atoms with Crippen molar-refractivity contribution in [3.63, 3.8) is 0 Å². The number of pyridine rings is 1. The normalized spacial score (nSPS) is 11.1. The number of hydrogen-bond donors (Lipinski definition) is 0. The molecule has 4 aromatic rings. The van der Waals surface area contributed by atoms with Gasteiger partial charge in [-0.05, 0) is 37.6 Å². The number of nitriles is 1. The second kappa shape index (κ2) is 5.21. The quantitative estimate of drug-likeness (QED) is 0.483. The van der Waals surface area contributed by atoms with Crippen LogP contribution < -0.4 is 4.57 Å². The van der Waals surface area contributed by atoms with Crippen LogP contribution in [0.15, 0.2) is 53.1 Å². The van der Waals surface area contributed by atoms with Crippen molar-refractivity contribution in [3.8, 4) is 17.3 Å². The van der Waals surface area contributed by atoms with Crippen LogP contribution in [0.3, 0.4) is 0 Å². The molecule has 2 aromatic carbocycles. The fraction of sp³-hybridized carbons (Fsp3) is 0.143. The van der Waals surface area contributed by atoms with E-state index in [0.29, 0.717) is 5.56 Å². The van der Waals surface area contributed by atoms with Crippen LogP contribution in [0.5, 0.6) is 0 Å². The smallest absolute Gasteiger partial charge is 0.216 e. The molecule has 0 N–H and O–H groups in total. The predicted molar refractivity (Wildman–Crippen MR) is 94.5 cm³/mol. The van der Waals surface area contributed by atoms with E-state index in [0.717, 1.165) is 38.8 Å². The molecule has 2 heterocycles. The van der Waals surface area contributed by atoms with Crippen LogP contribution in [-0.2, 0) is 7.05 Å². The van der Waals surface area contributed by atoms with Crippen molar-refractivity contribution >= 4 is 21.9 Å². The lowest BCUT2D eigenvalue weighted by molar-refractivity contribution is -0.660. The topological polar surface area (TPSA) is 40.8 Å². The number of rotatable bonds is 1. The van der Waals surface area contributed by atoms with Crippen LogP contribution in [0.25, 0.3) is 33.2 Å². The van der Waals surface area contributed by atoms with Gasteiger partial charge in [0.1, 0.15) is 18.2 Å². The highest BCUT2D eigenvalue weighted by atomic mass is 16.3. The van der Waals surface area contributed by atoms with Crippen molar-refractivity contribution < 1.29 is 8.98 Å². The molecule has 0 amide bonds. The van der Waals surface area contributed by atoms with Gasteiger partial charge >= 0.3 is 0 Å². The Bertz CT molecular complexity index is 1150. The second-order valence-corrected chi connectivity index (χ2v) is 6.23. The number of aryl methyl sites for hydroxylation is 3. The minimum atomic E-state index is 0.648. The van der Waals surface area contributed by atoms with E-state index in [4.69, 9.17) is 4.42 Å². The molecule has 3 nitrogen and oxygen atoms in total. The fourth-order valence-corrected chi connectivity index (χ4v) is 3.41. The average molecular weight is 313 g/mol. The SMILES string of the molecule is Cc1ccc(-c2c(C)ccc3c2oc2cccc(C#N)c23)[n+](C)c1. The van der Waals surface area contributed by atoms with E-state index in [1.165, 1.54) is 5.56 Å². The molecular formula is C21H17N2O+. The lowest BCUT2D eigenvalue weighted by Crippen LogP contribution is -2.31.